The molecule has 0 aliphatic rings. The van der Waals surface area contributed by atoms with Crippen LogP contribution in [0.5, 0.6) is 0 Å². The molecule has 1 aromatic rings. The van der Waals surface area contributed by atoms with E-state index in [1.54, 1.807) is 20.8 Å². The number of alkyl carbamates (subject to hydrolysis) is 1. The highest BCUT2D eigenvalue weighted by molar-refractivity contribution is 7.78. The van der Waals surface area contributed by atoms with Gasteiger partial charge in [0.25, 0.3) is 0 Å². The molecule has 0 saturated carbocycles. The summed E-state index contributed by atoms with van der Waals surface area (Å²) in [4.78, 5) is 39.7. The predicted octanol–water partition coefficient (Wildman–Crippen LogP) is 1.70. The third-order valence-corrected chi connectivity index (χ3v) is 3.23. The number of carbonyl (C=O) groups excluding carboxylic acids is 1. The van der Waals surface area contributed by atoms with E-state index in [-0.39, 0.29) is 19.1 Å². The zero-order valence-corrected chi connectivity index (χ0v) is 21.4. The second-order valence-corrected chi connectivity index (χ2v) is 7.76. The molecular formula is C20H36N4O8S2. The van der Waals surface area contributed by atoms with Crippen molar-refractivity contribution in [3.63, 3.8) is 0 Å². The fraction of sp³-hybridized carbons (Fsp3) is 0.500. The number of ether oxygens (including phenoxy) is 1. The lowest BCUT2D eigenvalue weighted by Gasteiger charge is -2.19. The first-order valence-electron chi connectivity index (χ1n) is 9.86. The van der Waals surface area contributed by atoms with Crippen molar-refractivity contribution in [2.75, 3.05) is 19.6 Å². The smallest absolute Gasteiger partial charge is 0.408 e. The van der Waals surface area contributed by atoms with Gasteiger partial charge in [0, 0.05) is 6.04 Å². The van der Waals surface area contributed by atoms with Gasteiger partial charge in [-0.2, -0.15) is 0 Å². The van der Waals surface area contributed by atoms with Crippen LogP contribution in [0.15, 0.2) is 30.3 Å². The molecule has 1 unspecified atom stereocenters. The van der Waals surface area contributed by atoms with Gasteiger partial charge in [0.2, 0.25) is 0 Å². The number of carboxylic acids is 3. The molecule has 196 valence electrons. The molecule has 14 heteroatoms. The Balaban J connectivity index is -0.000000395. The number of hydrogen-bond acceptors (Lipinski definition) is 10. The predicted molar refractivity (Wildman–Crippen MR) is 135 cm³/mol. The van der Waals surface area contributed by atoms with Crippen LogP contribution < -0.4 is 20.5 Å². The largest absolute Gasteiger partial charge is 0.480 e. The Hall–Kier alpha value is -2.52. The highest BCUT2D eigenvalue weighted by atomic mass is 32.1. The second kappa shape index (κ2) is 22.3. The first-order valence-corrected chi connectivity index (χ1v) is 10.8. The zero-order chi connectivity index (χ0) is 27.2. The van der Waals surface area contributed by atoms with Crippen molar-refractivity contribution in [2.24, 2.45) is 5.73 Å². The number of nitrogens with one attached hydrogen (secondary N) is 3. The van der Waals surface area contributed by atoms with Gasteiger partial charge in [0.15, 0.2) is 0 Å². The van der Waals surface area contributed by atoms with E-state index in [0.29, 0.717) is 0 Å². The lowest BCUT2D eigenvalue weighted by Crippen LogP contribution is -2.35. The average molecular weight is 525 g/mol. The van der Waals surface area contributed by atoms with Gasteiger partial charge in [-0.15, -0.1) is 0 Å². The molecule has 0 saturated heterocycles. The lowest BCUT2D eigenvalue weighted by molar-refractivity contribution is -0.136. The molecule has 0 radical (unpaired) electrons. The minimum Gasteiger partial charge on any atom is -0.480 e. The minimum atomic E-state index is -1.10. The van der Waals surface area contributed by atoms with Crippen LogP contribution in [-0.2, 0) is 19.1 Å². The number of aliphatic carboxylic acids is 3. The van der Waals surface area contributed by atoms with Gasteiger partial charge in [-0.3, -0.25) is 23.8 Å². The number of thiol groups is 2. The molecule has 0 aliphatic carbocycles. The highest BCUT2D eigenvalue weighted by Crippen LogP contribution is 2.11. The van der Waals surface area contributed by atoms with Gasteiger partial charge in [-0.05, 0) is 32.8 Å². The summed E-state index contributed by atoms with van der Waals surface area (Å²) in [6.07, 6.45) is 0.286. The fourth-order valence-corrected chi connectivity index (χ4v) is 1.80. The monoisotopic (exact) mass is 524 g/mol. The Morgan fingerprint density at radius 2 is 1.32 bits per heavy atom. The molecule has 0 spiro atoms. The Morgan fingerprint density at radius 3 is 1.59 bits per heavy atom. The van der Waals surface area contributed by atoms with Crippen LogP contribution >= 0.6 is 25.6 Å². The Morgan fingerprint density at radius 1 is 0.912 bits per heavy atom. The summed E-state index contributed by atoms with van der Waals surface area (Å²) in [5, 5.41) is 25.9. The van der Waals surface area contributed by atoms with E-state index in [4.69, 9.17) is 25.8 Å². The summed E-state index contributed by atoms with van der Waals surface area (Å²) in [5.74, 6) is -2.89. The van der Waals surface area contributed by atoms with Gasteiger partial charge in [0.1, 0.15) is 25.2 Å². The maximum atomic E-state index is 10.8. The van der Waals surface area contributed by atoms with E-state index < -0.39 is 36.1 Å². The number of carboxylic acid groups (broad SMARTS) is 3. The number of hydrogen-bond donors (Lipinski definition) is 9. The van der Waals surface area contributed by atoms with Crippen molar-refractivity contribution >= 4 is 49.6 Å². The Kier molecular flexibility index (Phi) is 23.6. The number of benzene rings is 1. The van der Waals surface area contributed by atoms with Crippen molar-refractivity contribution in [3.8, 4) is 0 Å². The normalized spacial score (nSPS) is 10.4. The molecule has 1 amide bonds. The Labute approximate surface area is 210 Å². The molecule has 12 nitrogen and oxygen atoms in total. The van der Waals surface area contributed by atoms with E-state index in [9.17, 15) is 19.2 Å². The van der Waals surface area contributed by atoms with E-state index in [1.807, 2.05) is 18.2 Å². The molecule has 0 bridgehead atoms. The first-order chi connectivity index (χ1) is 15.7. The molecular weight excluding hydrogens is 488 g/mol. The van der Waals surface area contributed by atoms with Gasteiger partial charge < -0.3 is 31.1 Å². The molecule has 1 atom stereocenters. The average Bonchev–Trinajstić information content (AvgIpc) is 2.72. The summed E-state index contributed by atoms with van der Waals surface area (Å²) in [6, 6.07) is 10.4. The van der Waals surface area contributed by atoms with Crippen LogP contribution in [-0.4, -0.2) is 64.6 Å². The molecule has 1 aromatic carbocycles. The topological polar surface area (TPSA) is 200 Å². The van der Waals surface area contributed by atoms with Crippen LogP contribution in [0.2, 0.25) is 0 Å². The van der Waals surface area contributed by atoms with Gasteiger partial charge in [-0.1, -0.05) is 62.9 Å². The summed E-state index contributed by atoms with van der Waals surface area (Å²) >= 11 is 6.86. The van der Waals surface area contributed by atoms with E-state index in [0.717, 1.165) is 6.42 Å². The number of carbonyl (C=O) groups is 4. The zero-order valence-electron chi connectivity index (χ0n) is 19.6. The van der Waals surface area contributed by atoms with Gasteiger partial charge in [0.05, 0.1) is 0 Å². The molecule has 8 N–H and O–H groups in total. The third kappa shape index (κ3) is 31.7. The van der Waals surface area contributed by atoms with E-state index >= 15 is 0 Å². The minimum absolute atomic E-state index is 0.0941. The molecule has 0 aromatic heterocycles. The van der Waals surface area contributed by atoms with Crippen molar-refractivity contribution in [2.45, 2.75) is 45.8 Å². The van der Waals surface area contributed by atoms with Crippen LogP contribution in [0.3, 0.4) is 0 Å². The van der Waals surface area contributed by atoms with Crippen molar-refractivity contribution in [1.29, 1.82) is 0 Å². The summed E-state index contributed by atoms with van der Waals surface area (Å²) in [7, 11) is 0. The van der Waals surface area contributed by atoms with Crippen molar-refractivity contribution in [3.05, 3.63) is 35.9 Å². The molecule has 1 rings (SSSR count). The van der Waals surface area contributed by atoms with E-state index in [2.05, 4.69) is 59.4 Å². The highest BCUT2D eigenvalue weighted by Gasteiger charge is 2.16. The lowest BCUT2D eigenvalue weighted by atomic mass is 10.1. The second-order valence-electron chi connectivity index (χ2n) is 7.13. The molecule has 0 heterocycles. The number of rotatable bonds is 8. The van der Waals surface area contributed by atoms with Crippen LogP contribution in [0.25, 0.3) is 0 Å². The van der Waals surface area contributed by atoms with Crippen LogP contribution in [0.1, 0.15) is 45.7 Å². The van der Waals surface area contributed by atoms with E-state index in [1.165, 1.54) is 5.56 Å². The summed E-state index contributed by atoms with van der Waals surface area (Å²) in [6.45, 7) is 6.59. The SMILES string of the molecule is CC(C)(C)OC(=O)NCC(=O)O.CCC(N)c1ccccc1.O=C(O)CNS.O=C(O)CNS. The Bertz CT molecular complexity index is 688. The van der Waals surface area contributed by atoms with Gasteiger partial charge >= 0.3 is 24.0 Å². The quantitative estimate of drug-likeness (QED) is 0.224. The molecule has 0 aliphatic heterocycles. The molecule has 0 fully saturated rings. The van der Waals surface area contributed by atoms with Crippen LogP contribution in [0.4, 0.5) is 4.79 Å². The number of amides is 1. The van der Waals surface area contributed by atoms with Crippen molar-refractivity contribution in [1.82, 2.24) is 14.8 Å². The summed E-state index contributed by atoms with van der Waals surface area (Å²) in [5.41, 5.74) is 6.43. The fourth-order valence-electron chi connectivity index (χ4n) is 1.53. The first kappa shape index (κ1) is 36.1. The van der Waals surface area contributed by atoms with Gasteiger partial charge in [-0.25, -0.2) is 4.79 Å². The van der Waals surface area contributed by atoms with Crippen molar-refractivity contribution < 1.29 is 39.2 Å². The number of nitrogens with two attached hydrogens (primary N) is 1. The maximum absolute atomic E-state index is 10.8. The summed E-state index contributed by atoms with van der Waals surface area (Å²) < 4.78 is 9.10. The third-order valence-electron chi connectivity index (χ3n) is 2.91. The maximum Gasteiger partial charge on any atom is 0.408 e. The van der Waals surface area contributed by atoms with Crippen LogP contribution in [0, 0.1) is 0 Å². The standard InChI is InChI=1S/C9H13N.C7H13NO4.2C2H5NO2S/c1-2-9(10)8-6-4-3-5-7-8;1-7(2,3)12-6(11)8-4-5(9)10;2*4-2(5)1-3-6/h3-7,9H,2,10H2,1H3;4H2,1-3H3,(H,8,11)(H,9,10);2*3,6H,1H2,(H,4,5). The molecule has 34 heavy (non-hydrogen) atoms.